The molecule has 0 saturated carbocycles. The van der Waals surface area contributed by atoms with Gasteiger partial charge in [0.15, 0.2) is 0 Å². The van der Waals surface area contributed by atoms with Gasteiger partial charge in [-0.3, -0.25) is 4.79 Å². The van der Waals surface area contributed by atoms with E-state index < -0.39 is 7.52 Å². The fraction of sp³-hybridized carbons (Fsp3) is 0.0714. The molecule has 0 radical (unpaired) electrons. The lowest BCUT2D eigenvalue weighted by Gasteiger charge is -2.35. The van der Waals surface area contributed by atoms with E-state index in [0.29, 0.717) is 16.6 Å². The highest BCUT2D eigenvalue weighted by Crippen LogP contribution is 2.53. The molecule has 0 saturated heterocycles. The number of carbonyl (C=O) groups excluding carboxylic acids is 1. The number of rotatable bonds is 2. The van der Waals surface area contributed by atoms with E-state index in [2.05, 4.69) is 5.43 Å². The number of benzene rings is 2. The van der Waals surface area contributed by atoms with Crippen LogP contribution in [0.4, 0.5) is 0 Å². The zero-order valence-electron chi connectivity index (χ0n) is 10.8. The number of para-hydroxylation sites is 1. The van der Waals surface area contributed by atoms with Crippen LogP contribution in [0.25, 0.3) is 0 Å². The van der Waals surface area contributed by atoms with Gasteiger partial charge in [0.05, 0.1) is 10.9 Å². The van der Waals surface area contributed by atoms with E-state index in [4.69, 9.17) is 4.52 Å². The molecule has 1 atom stereocenters. The first kappa shape index (κ1) is 12.9. The Hall–Kier alpha value is -2.10. The molecule has 2 aromatic rings. The molecule has 1 amide bonds. The molecule has 1 aliphatic rings. The highest BCUT2D eigenvalue weighted by Gasteiger charge is 2.44. The van der Waals surface area contributed by atoms with Crippen molar-refractivity contribution in [2.24, 2.45) is 0 Å². The molecule has 0 fully saturated rings. The summed E-state index contributed by atoms with van der Waals surface area (Å²) in [5.74, 6) is -0.0160. The molecular weight excluding hydrogens is 275 g/mol. The second-order valence-electron chi connectivity index (χ2n) is 4.28. The van der Waals surface area contributed by atoms with Gasteiger partial charge < -0.3 is 4.52 Å². The van der Waals surface area contributed by atoms with Crippen molar-refractivity contribution in [3.63, 3.8) is 0 Å². The minimum atomic E-state index is -3.49. The summed E-state index contributed by atoms with van der Waals surface area (Å²) in [6.07, 6.45) is 0. The first-order valence-electron chi connectivity index (χ1n) is 6.13. The zero-order valence-corrected chi connectivity index (χ0v) is 11.7. The van der Waals surface area contributed by atoms with Crippen molar-refractivity contribution in [1.29, 1.82) is 0 Å². The van der Waals surface area contributed by atoms with Crippen LogP contribution in [-0.4, -0.2) is 17.7 Å². The highest BCUT2D eigenvalue weighted by atomic mass is 31.2. The molecule has 1 heterocycles. The van der Waals surface area contributed by atoms with E-state index in [9.17, 15) is 9.36 Å². The van der Waals surface area contributed by atoms with Crippen LogP contribution in [0.2, 0.25) is 0 Å². The summed E-state index contributed by atoms with van der Waals surface area (Å²) in [6.45, 7) is 0. The number of nitrogens with one attached hydrogen (secondary N) is 1. The smallest absolute Gasteiger partial charge is 0.390 e. The third-order valence-electron chi connectivity index (χ3n) is 3.09. The highest BCUT2D eigenvalue weighted by molar-refractivity contribution is 7.65. The summed E-state index contributed by atoms with van der Waals surface area (Å²) >= 11 is 0. The lowest BCUT2D eigenvalue weighted by Crippen LogP contribution is -2.44. The van der Waals surface area contributed by atoms with Gasteiger partial charge >= 0.3 is 7.52 Å². The third-order valence-corrected chi connectivity index (χ3v) is 5.39. The van der Waals surface area contributed by atoms with Crippen molar-refractivity contribution in [1.82, 2.24) is 10.2 Å². The van der Waals surface area contributed by atoms with Crippen LogP contribution in [0.15, 0.2) is 54.6 Å². The molecule has 3 rings (SSSR count). The van der Waals surface area contributed by atoms with E-state index in [1.165, 1.54) is 0 Å². The lowest BCUT2D eigenvalue weighted by molar-refractivity contribution is 0.0791. The Kier molecular flexibility index (Phi) is 3.08. The molecule has 6 heteroatoms. The molecule has 5 nitrogen and oxygen atoms in total. The summed E-state index contributed by atoms with van der Waals surface area (Å²) < 4.78 is 19.9. The van der Waals surface area contributed by atoms with Gasteiger partial charge in [-0.1, -0.05) is 30.3 Å². The first-order valence-corrected chi connectivity index (χ1v) is 7.71. The molecule has 0 aliphatic carbocycles. The number of hydrazine groups is 1. The molecule has 102 valence electrons. The van der Waals surface area contributed by atoms with Gasteiger partial charge in [-0.15, -0.1) is 0 Å². The Balaban J connectivity index is 2.18. The standard InChI is InChI=1S/C14H13N2O3P/c1-15-16-14(17)12-9-5-6-10-13(12)19-20(16,18)11-7-3-2-4-8-11/h2-10,15H,1H3. The molecule has 0 aromatic heterocycles. The summed E-state index contributed by atoms with van der Waals surface area (Å²) in [5, 5.41) is 0.470. The lowest BCUT2D eigenvalue weighted by atomic mass is 10.2. The van der Waals surface area contributed by atoms with Crippen molar-refractivity contribution in [2.45, 2.75) is 0 Å². The number of hydrogen-bond donors (Lipinski definition) is 1. The molecular formula is C14H13N2O3P. The maximum atomic E-state index is 13.2. The Morgan fingerprint density at radius 2 is 1.70 bits per heavy atom. The van der Waals surface area contributed by atoms with Gasteiger partial charge in [-0.2, -0.15) is 4.78 Å². The number of fused-ring (bicyclic) bond motifs is 1. The van der Waals surface area contributed by atoms with Crippen LogP contribution >= 0.6 is 7.52 Å². The fourth-order valence-electron chi connectivity index (χ4n) is 2.15. The molecule has 0 spiro atoms. The maximum absolute atomic E-state index is 13.2. The Morgan fingerprint density at radius 1 is 1.05 bits per heavy atom. The van der Waals surface area contributed by atoms with Gasteiger partial charge in [0.25, 0.3) is 5.91 Å². The first-order chi connectivity index (χ1) is 9.66. The SMILES string of the molecule is CNN1C(=O)c2ccccc2OP1(=O)c1ccccc1. The van der Waals surface area contributed by atoms with Crippen molar-refractivity contribution < 1.29 is 13.9 Å². The van der Waals surface area contributed by atoms with Crippen LogP contribution in [0.5, 0.6) is 5.75 Å². The Morgan fingerprint density at radius 3 is 2.40 bits per heavy atom. The van der Waals surface area contributed by atoms with E-state index in [0.717, 1.165) is 4.78 Å². The average molecular weight is 288 g/mol. The van der Waals surface area contributed by atoms with Crippen LogP contribution in [0.1, 0.15) is 10.4 Å². The van der Waals surface area contributed by atoms with Gasteiger partial charge in [0.1, 0.15) is 5.75 Å². The molecule has 20 heavy (non-hydrogen) atoms. The average Bonchev–Trinajstić information content (AvgIpc) is 2.48. The van der Waals surface area contributed by atoms with Crippen LogP contribution in [0.3, 0.4) is 0 Å². The van der Waals surface area contributed by atoms with Crippen molar-refractivity contribution >= 4 is 18.7 Å². The predicted molar refractivity (Wildman–Crippen MR) is 76.0 cm³/mol. The van der Waals surface area contributed by atoms with Crippen molar-refractivity contribution in [2.75, 3.05) is 7.05 Å². The summed E-state index contributed by atoms with van der Waals surface area (Å²) in [6, 6.07) is 15.5. The largest absolute Gasteiger partial charge is 0.424 e. The van der Waals surface area contributed by atoms with Gasteiger partial charge in [0, 0.05) is 7.05 Å². The predicted octanol–water partition coefficient (Wildman–Crippen LogP) is 2.17. The second-order valence-corrected chi connectivity index (χ2v) is 6.42. The zero-order chi connectivity index (χ0) is 14.2. The Bertz CT molecular complexity index is 703. The minimum Gasteiger partial charge on any atom is -0.424 e. The van der Waals surface area contributed by atoms with E-state index in [1.54, 1.807) is 55.6 Å². The molecule has 1 aliphatic heterocycles. The monoisotopic (exact) mass is 288 g/mol. The van der Waals surface area contributed by atoms with Crippen LogP contribution in [0, 0.1) is 0 Å². The molecule has 0 bridgehead atoms. The van der Waals surface area contributed by atoms with Gasteiger partial charge in [-0.05, 0) is 24.3 Å². The fourth-order valence-corrected chi connectivity index (χ4v) is 4.15. The quantitative estimate of drug-likeness (QED) is 0.860. The number of nitrogens with zero attached hydrogens (tertiary/aromatic N) is 1. The van der Waals surface area contributed by atoms with Crippen LogP contribution < -0.4 is 15.3 Å². The third kappa shape index (κ3) is 1.83. The van der Waals surface area contributed by atoms with E-state index >= 15 is 0 Å². The van der Waals surface area contributed by atoms with E-state index in [-0.39, 0.29) is 5.91 Å². The molecule has 1 unspecified atom stereocenters. The summed E-state index contributed by atoms with van der Waals surface area (Å²) in [4.78, 5) is 12.4. The Labute approximate surface area is 116 Å². The van der Waals surface area contributed by atoms with E-state index in [1.807, 2.05) is 6.07 Å². The summed E-state index contributed by atoms with van der Waals surface area (Å²) in [5.41, 5.74) is 3.07. The van der Waals surface area contributed by atoms with Crippen LogP contribution in [-0.2, 0) is 4.57 Å². The van der Waals surface area contributed by atoms with Gasteiger partial charge in [-0.25, -0.2) is 9.99 Å². The number of carbonyl (C=O) groups is 1. The molecule has 1 N–H and O–H groups in total. The number of amides is 1. The van der Waals surface area contributed by atoms with Crippen molar-refractivity contribution in [3.8, 4) is 5.75 Å². The number of hydrogen-bond acceptors (Lipinski definition) is 4. The minimum absolute atomic E-state index is 0.344. The van der Waals surface area contributed by atoms with Gasteiger partial charge in [0.2, 0.25) is 0 Å². The van der Waals surface area contributed by atoms with Crippen molar-refractivity contribution in [3.05, 3.63) is 60.2 Å². The topological polar surface area (TPSA) is 58.6 Å². The summed E-state index contributed by atoms with van der Waals surface area (Å²) in [7, 11) is -1.95. The second kappa shape index (κ2) is 4.78. The molecule has 2 aromatic carbocycles. The maximum Gasteiger partial charge on any atom is 0.390 e. The normalized spacial score (nSPS) is 21.2.